The van der Waals surface area contributed by atoms with E-state index in [2.05, 4.69) is 6.92 Å². The highest BCUT2D eigenvalue weighted by molar-refractivity contribution is 5.92. The third kappa shape index (κ3) is 2.53. The number of halogens is 1. The van der Waals surface area contributed by atoms with E-state index in [0.29, 0.717) is 31.3 Å². The highest BCUT2D eigenvalue weighted by Crippen LogP contribution is 2.67. The fourth-order valence-electron chi connectivity index (χ4n) is 7.84. The molecule has 4 nitrogen and oxygen atoms in total. The molecule has 4 aliphatic carbocycles. The van der Waals surface area contributed by atoms with Crippen molar-refractivity contribution in [2.75, 3.05) is 6.61 Å². The first kappa shape index (κ1) is 19.3. The normalized spacial score (nSPS) is 51.9. The summed E-state index contributed by atoms with van der Waals surface area (Å²) in [6, 6.07) is 0. The topological polar surface area (TPSA) is 74.6 Å². The Labute approximate surface area is 160 Å². The van der Waals surface area contributed by atoms with Crippen LogP contribution in [0.15, 0.2) is 11.6 Å². The molecular formula is C22H31FO4. The van der Waals surface area contributed by atoms with Crippen molar-refractivity contribution in [3.63, 3.8) is 0 Å². The Kier molecular flexibility index (Phi) is 4.43. The van der Waals surface area contributed by atoms with E-state index in [0.717, 1.165) is 6.42 Å². The zero-order valence-electron chi connectivity index (χ0n) is 16.5. The van der Waals surface area contributed by atoms with Gasteiger partial charge in [0.15, 0.2) is 11.6 Å². The number of ketones is 2. The lowest BCUT2D eigenvalue weighted by molar-refractivity contribution is -0.151. The maximum atomic E-state index is 15.2. The molecule has 4 rings (SSSR count). The van der Waals surface area contributed by atoms with Gasteiger partial charge >= 0.3 is 0 Å². The van der Waals surface area contributed by atoms with Crippen molar-refractivity contribution in [2.45, 2.75) is 65.2 Å². The molecule has 3 saturated carbocycles. The quantitative estimate of drug-likeness (QED) is 0.775. The molecule has 0 aliphatic heterocycles. The molecule has 0 amide bonds. The number of hydrogen-bond acceptors (Lipinski definition) is 4. The van der Waals surface area contributed by atoms with Gasteiger partial charge in [-0.25, -0.2) is 4.39 Å². The number of rotatable bonds is 2. The summed E-state index contributed by atoms with van der Waals surface area (Å²) in [6.07, 6.45) is 2.39. The van der Waals surface area contributed by atoms with Crippen molar-refractivity contribution in [2.24, 2.45) is 40.4 Å². The van der Waals surface area contributed by atoms with E-state index < -0.39 is 29.7 Å². The van der Waals surface area contributed by atoms with Gasteiger partial charge in [-0.1, -0.05) is 20.8 Å². The molecular weight excluding hydrogens is 347 g/mol. The van der Waals surface area contributed by atoms with Crippen LogP contribution in [-0.4, -0.2) is 40.7 Å². The van der Waals surface area contributed by atoms with Gasteiger partial charge < -0.3 is 10.2 Å². The molecule has 4 aliphatic rings. The summed E-state index contributed by atoms with van der Waals surface area (Å²) in [5, 5.41) is 20.7. The van der Waals surface area contributed by atoms with Gasteiger partial charge in [0.2, 0.25) is 0 Å². The number of aliphatic hydroxyl groups is 2. The average Bonchev–Trinajstić information content (AvgIpc) is 2.85. The van der Waals surface area contributed by atoms with Crippen LogP contribution in [0, 0.1) is 40.4 Å². The standard InChI is InChI=1S/C22H31FO4/c1-11-6-14-13-8-16(23)15-7-12(25)4-5-21(15,2)20(13)17(26)9-22(14,3)19(11)18(27)10-24/h7,11,13-14,16-17,19-20,24,26H,4-6,8-10H2,1-3H3/t11?,13-,14-,16?,17-,19+,20+,21-,22-/m0/s1. The summed E-state index contributed by atoms with van der Waals surface area (Å²) in [5.41, 5.74) is -0.308. The summed E-state index contributed by atoms with van der Waals surface area (Å²) in [5.74, 6) is -0.224. The SMILES string of the molecule is CC1C[C@H]2[C@@H]3CC(F)C4=CC(=O)CC[C@]4(C)[C@H]3[C@@H](O)C[C@]2(C)[C@H]1C(=O)CO. The van der Waals surface area contributed by atoms with Crippen LogP contribution in [0.4, 0.5) is 4.39 Å². The fourth-order valence-corrected chi connectivity index (χ4v) is 7.84. The lowest BCUT2D eigenvalue weighted by Crippen LogP contribution is -2.59. The maximum absolute atomic E-state index is 15.2. The minimum atomic E-state index is -1.15. The Bertz CT molecular complexity index is 702. The number of carbonyl (C=O) groups is 2. The van der Waals surface area contributed by atoms with Crippen LogP contribution in [-0.2, 0) is 9.59 Å². The monoisotopic (exact) mass is 378 g/mol. The molecule has 0 aromatic heterocycles. The van der Waals surface area contributed by atoms with E-state index in [4.69, 9.17) is 0 Å². The lowest BCUT2D eigenvalue weighted by atomic mass is 9.45. The second-order valence-electron chi connectivity index (χ2n) is 10.1. The number of Topliss-reactive ketones (excluding diaryl/α,β-unsaturated/α-hetero) is 1. The Morgan fingerprint density at radius 1 is 1.33 bits per heavy atom. The molecule has 0 spiro atoms. The van der Waals surface area contributed by atoms with Gasteiger partial charge in [-0.3, -0.25) is 9.59 Å². The molecule has 2 unspecified atom stereocenters. The highest BCUT2D eigenvalue weighted by atomic mass is 19.1. The number of fused-ring (bicyclic) bond motifs is 5. The largest absolute Gasteiger partial charge is 0.393 e. The Morgan fingerprint density at radius 3 is 2.70 bits per heavy atom. The van der Waals surface area contributed by atoms with Crippen molar-refractivity contribution in [3.8, 4) is 0 Å². The number of allylic oxidation sites excluding steroid dienone is 1. The molecule has 0 saturated heterocycles. The van der Waals surface area contributed by atoms with Crippen LogP contribution in [0.1, 0.15) is 52.9 Å². The van der Waals surface area contributed by atoms with Gasteiger partial charge in [-0.2, -0.15) is 0 Å². The average molecular weight is 378 g/mol. The minimum Gasteiger partial charge on any atom is -0.393 e. The Hall–Kier alpha value is -1.07. The molecule has 0 radical (unpaired) electrons. The first-order valence-electron chi connectivity index (χ1n) is 10.3. The number of hydrogen-bond donors (Lipinski definition) is 2. The van der Waals surface area contributed by atoms with Gasteiger partial charge in [-0.15, -0.1) is 0 Å². The zero-order valence-corrected chi connectivity index (χ0v) is 16.5. The van der Waals surface area contributed by atoms with Gasteiger partial charge in [-0.05, 0) is 71.8 Å². The van der Waals surface area contributed by atoms with Crippen LogP contribution in [0.3, 0.4) is 0 Å². The first-order valence-corrected chi connectivity index (χ1v) is 10.3. The van der Waals surface area contributed by atoms with E-state index >= 15 is 4.39 Å². The van der Waals surface area contributed by atoms with E-state index in [-0.39, 0.29) is 41.2 Å². The summed E-state index contributed by atoms with van der Waals surface area (Å²) in [7, 11) is 0. The highest BCUT2D eigenvalue weighted by Gasteiger charge is 2.65. The van der Waals surface area contributed by atoms with Crippen LogP contribution in [0.2, 0.25) is 0 Å². The van der Waals surface area contributed by atoms with Crippen molar-refractivity contribution < 1.29 is 24.2 Å². The Morgan fingerprint density at radius 2 is 2.04 bits per heavy atom. The second-order valence-corrected chi connectivity index (χ2v) is 10.1. The van der Waals surface area contributed by atoms with Gasteiger partial charge in [0.25, 0.3) is 0 Å². The van der Waals surface area contributed by atoms with Crippen molar-refractivity contribution in [3.05, 3.63) is 11.6 Å². The van der Waals surface area contributed by atoms with Gasteiger partial charge in [0.1, 0.15) is 12.8 Å². The van der Waals surface area contributed by atoms with Gasteiger partial charge in [0, 0.05) is 12.3 Å². The van der Waals surface area contributed by atoms with E-state index in [1.165, 1.54) is 6.08 Å². The first-order chi connectivity index (χ1) is 12.6. The molecule has 150 valence electrons. The van der Waals surface area contributed by atoms with Crippen molar-refractivity contribution in [1.29, 1.82) is 0 Å². The van der Waals surface area contributed by atoms with Crippen molar-refractivity contribution >= 4 is 11.6 Å². The summed E-state index contributed by atoms with van der Waals surface area (Å²) < 4.78 is 15.2. The predicted molar refractivity (Wildman–Crippen MR) is 98.5 cm³/mol. The summed E-state index contributed by atoms with van der Waals surface area (Å²) >= 11 is 0. The number of alkyl halides is 1. The second kappa shape index (κ2) is 6.21. The molecule has 2 N–H and O–H groups in total. The van der Waals surface area contributed by atoms with E-state index in [1.54, 1.807) is 0 Å². The van der Waals surface area contributed by atoms with Crippen LogP contribution in [0.5, 0.6) is 0 Å². The lowest BCUT2D eigenvalue weighted by Gasteiger charge is -2.60. The molecule has 5 heteroatoms. The molecule has 0 heterocycles. The predicted octanol–water partition coefficient (Wildman–Crippen LogP) is 2.86. The fraction of sp³-hybridized carbons (Fsp3) is 0.818. The Balaban J connectivity index is 1.76. The number of carbonyl (C=O) groups excluding carboxylic acids is 2. The molecule has 0 aromatic carbocycles. The smallest absolute Gasteiger partial charge is 0.162 e. The van der Waals surface area contributed by atoms with Gasteiger partial charge in [0.05, 0.1) is 6.10 Å². The van der Waals surface area contributed by atoms with Crippen LogP contribution in [0.25, 0.3) is 0 Å². The number of aliphatic hydroxyl groups excluding tert-OH is 2. The molecule has 0 aromatic rings. The van der Waals surface area contributed by atoms with E-state index in [9.17, 15) is 19.8 Å². The molecule has 0 bridgehead atoms. The molecule has 9 atom stereocenters. The summed E-state index contributed by atoms with van der Waals surface area (Å²) in [6.45, 7) is 5.66. The van der Waals surface area contributed by atoms with Crippen molar-refractivity contribution in [1.82, 2.24) is 0 Å². The van der Waals surface area contributed by atoms with E-state index in [1.807, 2.05) is 13.8 Å². The third-order valence-corrected chi connectivity index (χ3v) is 8.72. The third-order valence-electron chi connectivity index (χ3n) is 8.72. The van der Waals surface area contributed by atoms with Crippen LogP contribution < -0.4 is 0 Å². The molecule has 3 fully saturated rings. The molecule has 27 heavy (non-hydrogen) atoms. The minimum absolute atomic E-state index is 0.00282. The zero-order chi connectivity index (χ0) is 19.7. The summed E-state index contributed by atoms with van der Waals surface area (Å²) in [4.78, 5) is 24.4. The maximum Gasteiger partial charge on any atom is 0.162 e. The van der Waals surface area contributed by atoms with Crippen LogP contribution >= 0.6 is 0 Å².